The number of hydrogen-bond acceptors (Lipinski definition) is 3. The van der Waals surface area contributed by atoms with Crippen molar-refractivity contribution in [1.82, 2.24) is 0 Å². The van der Waals surface area contributed by atoms with Gasteiger partial charge < -0.3 is 10.2 Å². The van der Waals surface area contributed by atoms with Crippen LogP contribution < -0.4 is 0 Å². The van der Waals surface area contributed by atoms with E-state index >= 15 is 4.39 Å². The summed E-state index contributed by atoms with van der Waals surface area (Å²) in [5.41, 5.74) is -3.49. The molecule has 4 saturated carbocycles. The van der Waals surface area contributed by atoms with Gasteiger partial charge in [0.25, 0.3) is 0 Å². The van der Waals surface area contributed by atoms with Crippen LogP contribution in [0, 0.1) is 28.6 Å². The third kappa shape index (κ3) is 1.77. The van der Waals surface area contributed by atoms with Crippen molar-refractivity contribution in [3.05, 3.63) is 0 Å². The molecule has 0 spiro atoms. The molecule has 24 heavy (non-hydrogen) atoms. The number of carbonyl (C=O) groups is 1. The molecule has 0 aliphatic heterocycles. The molecular formula is C20H31FO3. The first kappa shape index (κ1) is 17.0. The third-order valence-electron chi connectivity index (χ3n) is 9.12. The Labute approximate surface area is 144 Å². The molecule has 0 bridgehead atoms. The molecular weight excluding hydrogens is 307 g/mol. The van der Waals surface area contributed by atoms with Crippen LogP contribution in [-0.2, 0) is 4.79 Å². The second-order valence-corrected chi connectivity index (χ2v) is 9.87. The highest BCUT2D eigenvalue weighted by Gasteiger charge is 2.73. The second-order valence-electron chi connectivity index (χ2n) is 9.87. The summed E-state index contributed by atoms with van der Waals surface area (Å²) in [7, 11) is 0. The molecule has 4 fully saturated rings. The van der Waals surface area contributed by atoms with E-state index in [4.69, 9.17) is 0 Å². The van der Waals surface area contributed by atoms with Crippen molar-refractivity contribution in [3.8, 4) is 0 Å². The first-order chi connectivity index (χ1) is 11.1. The van der Waals surface area contributed by atoms with Gasteiger partial charge in [0, 0.05) is 23.7 Å². The number of fused-ring (bicyclic) bond motifs is 5. The van der Waals surface area contributed by atoms with E-state index in [-0.39, 0.29) is 23.5 Å². The van der Waals surface area contributed by atoms with Gasteiger partial charge in [-0.25, -0.2) is 4.39 Å². The predicted molar refractivity (Wildman–Crippen MR) is 89.1 cm³/mol. The fourth-order valence-corrected chi connectivity index (χ4v) is 7.27. The van der Waals surface area contributed by atoms with Crippen molar-refractivity contribution in [1.29, 1.82) is 0 Å². The fourth-order valence-electron chi connectivity index (χ4n) is 7.27. The average molecular weight is 338 g/mol. The number of Topliss-reactive ketones (excluding diaryl/α,β-unsaturated/α-hetero) is 1. The van der Waals surface area contributed by atoms with Gasteiger partial charge in [-0.05, 0) is 63.2 Å². The summed E-state index contributed by atoms with van der Waals surface area (Å²) >= 11 is 0. The van der Waals surface area contributed by atoms with Crippen molar-refractivity contribution >= 4 is 5.78 Å². The molecule has 8 atom stereocenters. The first-order valence-corrected chi connectivity index (χ1v) is 9.67. The number of carbonyl (C=O) groups excluding carboxylic acids is 1. The van der Waals surface area contributed by atoms with E-state index in [0.29, 0.717) is 32.1 Å². The molecule has 0 aromatic carbocycles. The highest BCUT2D eigenvalue weighted by Crippen LogP contribution is 2.70. The molecule has 136 valence electrons. The van der Waals surface area contributed by atoms with Crippen LogP contribution in [-0.4, -0.2) is 33.4 Å². The summed E-state index contributed by atoms with van der Waals surface area (Å²) in [5, 5.41) is 21.9. The van der Waals surface area contributed by atoms with Gasteiger partial charge in [-0.3, -0.25) is 4.79 Å². The molecule has 3 nitrogen and oxygen atoms in total. The van der Waals surface area contributed by atoms with E-state index in [1.807, 2.05) is 20.8 Å². The van der Waals surface area contributed by atoms with Crippen molar-refractivity contribution in [2.45, 2.75) is 89.5 Å². The van der Waals surface area contributed by atoms with Crippen LogP contribution in [0.25, 0.3) is 0 Å². The molecule has 0 aromatic heterocycles. The summed E-state index contributed by atoms with van der Waals surface area (Å²) in [4.78, 5) is 11.9. The standard InChI is InChI=1S/C20H31FO3/c1-17-8-6-13(22)10-12(17)4-5-15-14-7-9-19(3,24)18(14,2)11-16(23)20(15,17)21/h12,14-16,23-24H,4-11H2,1-3H3/t12-,14+,15+,16+,17+,18+,19?,20+/m1/s1. The van der Waals surface area contributed by atoms with Crippen LogP contribution in [0.5, 0.6) is 0 Å². The zero-order valence-corrected chi connectivity index (χ0v) is 15.1. The van der Waals surface area contributed by atoms with Gasteiger partial charge >= 0.3 is 0 Å². The Morgan fingerprint density at radius 1 is 1.04 bits per heavy atom. The van der Waals surface area contributed by atoms with E-state index in [1.165, 1.54) is 0 Å². The molecule has 2 N–H and O–H groups in total. The lowest BCUT2D eigenvalue weighted by molar-refractivity contribution is -0.254. The van der Waals surface area contributed by atoms with E-state index in [9.17, 15) is 15.0 Å². The number of alkyl halides is 1. The molecule has 0 heterocycles. The number of aliphatic hydroxyl groups excluding tert-OH is 1. The van der Waals surface area contributed by atoms with Crippen molar-refractivity contribution < 1.29 is 19.4 Å². The number of ketones is 1. The molecule has 4 rings (SSSR count). The summed E-state index contributed by atoms with van der Waals surface area (Å²) in [5.74, 6) is 0.227. The van der Waals surface area contributed by atoms with Crippen LogP contribution in [0.2, 0.25) is 0 Å². The summed E-state index contributed by atoms with van der Waals surface area (Å²) in [6.07, 6.45) is 3.89. The maximum atomic E-state index is 16.7. The van der Waals surface area contributed by atoms with Gasteiger partial charge in [-0.2, -0.15) is 0 Å². The van der Waals surface area contributed by atoms with E-state index in [2.05, 4.69) is 0 Å². The van der Waals surface area contributed by atoms with Crippen LogP contribution >= 0.6 is 0 Å². The Bertz CT molecular complexity index is 575. The van der Waals surface area contributed by atoms with Gasteiger partial charge in [-0.1, -0.05) is 13.8 Å². The third-order valence-corrected chi connectivity index (χ3v) is 9.12. The Kier molecular flexibility index (Phi) is 3.41. The molecule has 4 aliphatic carbocycles. The maximum absolute atomic E-state index is 16.7. The number of rotatable bonds is 0. The molecule has 1 unspecified atom stereocenters. The largest absolute Gasteiger partial charge is 0.390 e. The van der Waals surface area contributed by atoms with Crippen LogP contribution in [0.4, 0.5) is 4.39 Å². The predicted octanol–water partition coefficient (Wildman–Crippen LogP) is 3.41. The van der Waals surface area contributed by atoms with Crippen molar-refractivity contribution in [2.24, 2.45) is 28.6 Å². The van der Waals surface area contributed by atoms with Gasteiger partial charge in [0.1, 0.15) is 11.5 Å². The average Bonchev–Trinajstić information content (AvgIpc) is 2.72. The molecule has 0 radical (unpaired) electrons. The van der Waals surface area contributed by atoms with Crippen LogP contribution in [0.1, 0.15) is 72.1 Å². The molecule has 0 amide bonds. The van der Waals surface area contributed by atoms with Gasteiger partial charge in [0.15, 0.2) is 0 Å². The molecule has 4 heteroatoms. The summed E-state index contributed by atoms with van der Waals surface area (Å²) < 4.78 is 16.7. The second kappa shape index (κ2) is 4.82. The van der Waals surface area contributed by atoms with Crippen molar-refractivity contribution in [2.75, 3.05) is 0 Å². The smallest absolute Gasteiger partial charge is 0.145 e. The lowest BCUT2D eigenvalue weighted by Gasteiger charge is -2.65. The van der Waals surface area contributed by atoms with Gasteiger partial charge in [-0.15, -0.1) is 0 Å². The summed E-state index contributed by atoms with van der Waals surface area (Å²) in [6, 6.07) is 0. The van der Waals surface area contributed by atoms with Gasteiger partial charge in [0.05, 0.1) is 11.7 Å². The monoisotopic (exact) mass is 338 g/mol. The van der Waals surface area contributed by atoms with Crippen LogP contribution in [0.3, 0.4) is 0 Å². The topological polar surface area (TPSA) is 57.5 Å². The summed E-state index contributed by atoms with van der Waals surface area (Å²) in [6.45, 7) is 5.89. The molecule has 0 aromatic rings. The van der Waals surface area contributed by atoms with E-state index < -0.39 is 28.2 Å². The SMILES string of the molecule is CC1(O)CC[C@H]2[C@@H]3CC[C@@H]4CC(=O)CC[C@]4(C)[C@@]3(F)[C@@H](O)C[C@@]21C. The highest BCUT2D eigenvalue weighted by atomic mass is 19.1. The zero-order chi connectivity index (χ0) is 17.5. The van der Waals surface area contributed by atoms with Crippen LogP contribution in [0.15, 0.2) is 0 Å². The Hall–Kier alpha value is -0.480. The fraction of sp³-hybridized carbons (Fsp3) is 0.950. The first-order valence-electron chi connectivity index (χ1n) is 9.67. The number of aliphatic hydroxyl groups is 2. The molecule has 4 aliphatic rings. The normalized spacial score (nSPS) is 60.3. The highest BCUT2D eigenvalue weighted by molar-refractivity contribution is 5.79. The Morgan fingerprint density at radius 3 is 2.46 bits per heavy atom. The lowest BCUT2D eigenvalue weighted by Crippen LogP contribution is -2.70. The molecule has 0 saturated heterocycles. The minimum atomic E-state index is -1.62. The zero-order valence-electron chi connectivity index (χ0n) is 15.1. The van der Waals surface area contributed by atoms with Crippen molar-refractivity contribution in [3.63, 3.8) is 0 Å². The number of halogens is 1. The number of hydrogen-bond donors (Lipinski definition) is 2. The van der Waals surface area contributed by atoms with E-state index in [0.717, 1.165) is 19.3 Å². The van der Waals surface area contributed by atoms with Gasteiger partial charge in [0.2, 0.25) is 0 Å². The lowest BCUT2D eigenvalue weighted by atomic mass is 9.42. The quantitative estimate of drug-likeness (QED) is 0.711. The Balaban J connectivity index is 1.77. The van der Waals surface area contributed by atoms with E-state index in [1.54, 1.807) is 0 Å². The Morgan fingerprint density at radius 2 is 1.75 bits per heavy atom. The maximum Gasteiger partial charge on any atom is 0.145 e. The minimum Gasteiger partial charge on any atom is -0.390 e. The minimum absolute atomic E-state index is 0.0564.